The van der Waals surface area contributed by atoms with Crippen LogP contribution in [0, 0.1) is 0 Å². The summed E-state index contributed by atoms with van der Waals surface area (Å²) in [5.74, 6) is 0.719. The van der Waals surface area contributed by atoms with Gasteiger partial charge in [0.25, 0.3) is 0 Å². The van der Waals surface area contributed by atoms with Crippen molar-refractivity contribution in [2.45, 2.75) is 75.9 Å². The third-order valence-corrected chi connectivity index (χ3v) is 5.58. The number of aromatic nitrogens is 2. The molecular weight excluding hydrogens is 270 g/mol. The van der Waals surface area contributed by atoms with Crippen LogP contribution in [0.15, 0.2) is 12.3 Å². The topological polar surface area (TPSA) is 29.9 Å². The van der Waals surface area contributed by atoms with Crippen LogP contribution in [0.3, 0.4) is 0 Å². The summed E-state index contributed by atoms with van der Waals surface area (Å²) in [5.41, 5.74) is 1.31. The van der Waals surface area contributed by atoms with E-state index in [-0.39, 0.29) is 5.54 Å². The molecule has 0 saturated heterocycles. The Morgan fingerprint density at radius 3 is 2.65 bits per heavy atom. The number of hydrogen-bond donors (Lipinski definition) is 1. The predicted molar refractivity (Wildman–Crippen MR) is 83.1 cm³/mol. The average Bonchev–Trinajstić information content (AvgIpc) is 3.17. The van der Waals surface area contributed by atoms with Crippen molar-refractivity contribution < 1.29 is 0 Å². The third kappa shape index (κ3) is 3.20. The summed E-state index contributed by atoms with van der Waals surface area (Å²) < 4.78 is 2.18. The van der Waals surface area contributed by atoms with Gasteiger partial charge < -0.3 is 5.32 Å². The van der Waals surface area contributed by atoms with Crippen LogP contribution in [0.25, 0.3) is 0 Å². The lowest BCUT2D eigenvalue weighted by Gasteiger charge is -2.36. The van der Waals surface area contributed by atoms with Gasteiger partial charge in [0.2, 0.25) is 0 Å². The monoisotopic (exact) mass is 295 g/mol. The SMILES string of the molecule is ClCC1(NCc2ccn(C3CCCC3)n2)CCCCC1. The Labute approximate surface area is 127 Å². The Bertz CT molecular complexity index is 417. The molecule has 2 aliphatic carbocycles. The van der Waals surface area contributed by atoms with Crippen LogP contribution in [0.2, 0.25) is 0 Å². The van der Waals surface area contributed by atoms with Gasteiger partial charge in [-0.05, 0) is 31.7 Å². The van der Waals surface area contributed by atoms with E-state index in [1.54, 1.807) is 0 Å². The fraction of sp³-hybridized carbons (Fsp3) is 0.812. The zero-order valence-electron chi connectivity index (χ0n) is 12.3. The molecule has 112 valence electrons. The van der Waals surface area contributed by atoms with E-state index in [4.69, 9.17) is 16.7 Å². The third-order valence-electron chi connectivity index (χ3n) is 5.07. The summed E-state index contributed by atoms with van der Waals surface area (Å²) in [5, 5.41) is 8.45. The highest BCUT2D eigenvalue weighted by Gasteiger charge is 2.30. The second-order valence-corrected chi connectivity index (χ2v) is 6.82. The van der Waals surface area contributed by atoms with Gasteiger partial charge in [0.05, 0.1) is 11.7 Å². The summed E-state index contributed by atoms with van der Waals surface area (Å²) in [7, 11) is 0. The molecule has 20 heavy (non-hydrogen) atoms. The summed E-state index contributed by atoms with van der Waals surface area (Å²) >= 11 is 6.22. The quantitative estimate of drug-likeness (QED) is 0.831. The molecule has 1 heterocycles. The van der Waals surface area contributed by atoms with E-state index in [1.165, 1.54) is 57.8 Å². The maximum absolute atomic E-state index is 6.22. The molecule has 0 unspecified atom stereocenters. The molecule has 3 rings (SSSR count). The molecule has 1 aromatic heterocycles. The van der Waals surface area contributed by atoms with Crippen molar-refractivity contribution in [3.8, 4) is 0 Å². The molecule has 0 spiro atoms. The summed E-state index contributed by atoms with van der Waals surface area (Å²) in [6.07, 6.45) is 13.8. The number of nitrogens with zero attached hydrogens (tertiary/aromatic N) is 2. The molecule has 2 saturated carbocycles. The highest BCUT2D eigenvalue weighted by molar-refractivity contribution is 6.18. The highest BCUT2D eigenvalue weighted by Crippen LogP contribution is 2.30. The van der Waals surface area contributed by atoms with Crippen molar-refractivity contribution in [3.63, 3.8) is 0 Å². The van der Waals surface area contributed by atoms with E-state index in [1.807, 2.05) is 0 Å². The zero-order chi connectivity index (χ0) is 13.8. The van der Waals surface area contributed by atoms with Gasteiger partial charge in [-0.1, -0.05) is 32.1 Å². The first-order chi connectivity index (χ1) is 9.81. The molecule has 2 aliphatic rings. The van der Waals surface area contributed by atoms with Crippen LogP contribution in [-0.4, -0.2) is 21.2 Å². The molecule has 0 atom stereocenters. The number of alkyl halides is 1. The van der Waals surface area contributed by atoms with Gasteiger partial charge in [0.15, 0.2) is 0 Å². The largest absolute Gasteiger partial charge is 0.304 e. The van der Waals surface area contributed by atoms with Crippen LogP contribution in [0.5, 0.6) is 0 Å². The first kappa shape index (κ1) is 14.4. The Morgan fingerprint density at radius 1 is 1.20 bits per heavy atom. The molecule has 0 aromatic carbocycles. The van der Waals surface area contributed by atoms with Crippen molar-refractivity contribution in [1.29, 1.82) is 0 Å². The van der Waals surface area contributed by atoms with Gasteiger partial charge in [-0.3, -0.25) is 4.68 Å². The van der Waals surface area contributed by atoms with Gasteiger partial charge in [0.1, 0.15) is 0 Å². The number of halogens is 1. The lowest BCUT2D eigenvalue weighted by Crippen LogP contribution is -2.48. The minimum Gasteiger partial charge on any atom is -0.304 e. The van der Waals surface area contributed by atoms with Crippen LogP contribution < -0.4 is 5.32 Å². The summed E-state index contributed by atoms with van der Waals surface area (Å²) in [6.45, 7) is 0.854. The number of nitrogens with one attached hydrogen (secondary N) is 1. The second kappa shape index (κ2) is 6.48. The van der Waals surface area contributed by atoms with Gasteiger partial charge in [-0.25, -0.2) is 0 Å². The van der Waals surface area contributed by atoms with Crippen LogP contribution in [0.1, 0.15) is 69.5 Å². The van der Waals surface area contributed by atoms with Crippen molar-refractivity contribution >= 4 is 11.6 Å². The molecule has 1 aromatic rings. The molecule has 3 nitrogen and oxygen atoms in total. The maximum atomic E-state index is 6.22. The number of rotatable bonds is 5. The van der Waals surface area contributed by atoms with E-state index in [0.29, 0.717) is 6.04 Å². The molecule has 0 aliphatic heterocycles. The molecule has 4 heteroatoms. The fourth-order valence-electron chi connectivity index (χ4n) is 3.71. The second-order valence-electron chi connectivity index (χ2n) is 6.55. The minimum absolute atomic E-state index is 0.150. The smallest absolute Gasteiger partial charge is 0.0762 e. The molecule has 0 bridgehead atoms. The average molecular weight is 296 g/mol. The Kier molecular flexibility index (Phi) is 4.67. The van der Waals surface area contributed by atoms with Crippen molar-refractivity contribution in [1.82, 2.24) is 15.1 Å². The van der Waals surface area contributed by atoms with Crippen LogP contribution >= 0.6 is 11.6 Å². The van der Waals surface area contributed by atoms with E-state index in [9.17, 15) is 0 Å². The van der Waals surface area contributed by atoms with Crippen LogP contribution in [0.4, 0.5) is 0 Å². The van der Waals surface area contributed by atoms with E-state index >= 15 is 0 Å². The maximum Gasteiger partial charge on any atom is 0.0762 e. The van der Waals surface area contributed by atoms with Gasteiger partial charge in [0, 0.05) is 24.2 Å². The van der Waals surface area contributed by atoms with Crippen molar-refractivity contribution in [2.24, 2.45) is 0 Å². The normalized spacial score (nSPS) is 23.2. The Hall–Kier alpha value is -0.540. The minimum atomic E-state index is 0.150. The van der Waals surface area contributed by atoms with E-state index in [2.05, 4.69) is 22.3 Å². The summed E-state index contributed by atoms with van der Waals surface area (Å²) in [6, 6.07) is 2.80. The number of hydrogen-bond acceptors (Lipinski definition) is 2. The Balaban J connectivity index is 1.57. The predicted octanol–water partition coefficient (Wildman–Crippen LogP) is 4.03. The van der Waals surface area contributed by atoms with Gasteiger partial charge >= 0.3 is 0 Å². The highest BCUT2D eigenvalue weighted by atomic mass is 35.5. The lowest BCUT2D eigenvalue weighted by atomic mass is 9.83. The van der Waals surface area contributed by atoms with Crippen molar-refractivity contribution in [2.75, 3.05) is 5.88 Å². The van der Waals surface area contributed by atoms with Gasteiger partial charge in [-0.15, -0.1) is 11.6 Å². The molecular formula is C16H26ClN3. The molecule has 0 radical (unpaired) electrons. The first-order valence-electron chi connectivity index (χ1n) is 8.16. The fourth-order valence-corrected chi connectivity index (χ4v) is 4.07. The standard InChI is InChI=1S/C16H26ClN3/c17-13-16(9-4-1-5-10-16)18-12-14-8-11-20(19-14)15-6-2-3-7-15/h8,11,15,18H,1-7,9-10,12-13H2. The van der Waals surface area contributed by atoms with E-state index < -0.39 is 0 Å². The molecule has 1 N–H and O–H groups in total. The van der Waals surface area contributed by atoms with Crippen molar-refractivity contribution in [3.05, 3.63) is 18.0 Å². The van der Waals surface area contributed by atoms with Gasteiger partial charge in [-0.2, -0.15) is 5.10 Å². The lowest BCUT2D eigenvalue weighted by molar-refractivity contribution is 0.255. The molecule has 0 amide bonds. The van der Waals surface area contributed by atoms with E-state index in [0.717, 1.165) is 18.1 Å². The van der Waals surface area contributed by atoms with Crippen LogP contribution in [-0.2, 0) is 6.54 Å². The molecule has 2 fully saturated rings. The summed E-state index contributed by atoms with van der Waals surface area (Å²) in [4.78, 5) is 0. The Morgan fingerprint density at radius 2 is 1.95 bits per heavy atom. The first-order valence-corrected chi connectivity index (χ1v) is 8.70. The zero-order valence-corrected chi connectivity index (χ0v) is 13.0.